The zero-order chi connectivity index (χ0) is 24.7. The molecule has 1 heterocycles. The number of carboxylic acids is 1. The number of methoxy groups -OCH3 is 1. The van der Waals surface area contributed by atoms with Crippen molar-refractivity contribution in [1.82, 2.24) is 9.88 Å². The highest BCUT2D eigenvalue weighted by Crippen LogP contribution is 2.26. The molecule has 1 atom stereocenters. The van der Waals surface area contributed by atoms with E-state index in [9.17, 15) is 14.7 Å². The Bertz CT molecular complexity index is 1120. The van der Waals surface area contributed by atoms with Crippen LogP contribution >= 0.6 is 0 Å². The molecule has 34 heavy (non-hydrogen) atoms. The van der Waals surface area contributed by atoms with Crippen LogP contribution in [0.3, 0.4) is 0 Å². The van der Waals surface area contributed by atoms with Crippen LogP contribution in [0.5, 0.6) is 17.2 Å². The van der Waals surface area contributed by atoms with E-state index in [2.05, 4.69) is 4.98 Å². The van der Waals surface area contributed by atoms with Crippen molar-refractivity contribution in [2.75, 3.05) is 20.3 Å². The molecule has 0 aliphatic carbocycles. The van der Waals surface area contributed by atoms with Gasteiger partial charge >= 0.3 is 12.1 Å². The number of carboxylic acid groups (broad SMARTS) is 1. The predicted octanol–water partition coefficient (Wildman–Crippen LogP) is 4.57. The number of oxazole rings is 1. The normalized spacial score (nSPS) is 11.5. The van der Waals surface area contributed by atoms with Gasteiger partial charge in [0.2, 0.25) is 0 Å². The molecule has 0 saturated heterocycles. The van der Waals surface area contributed by atoms with Crippen molar-refractivity contribution in [1.29, 1.82) is 0 Å². The number of benzene rings is 2. The Balaban J connectivity index is 1.68. The van der Waals surface area contributed by atoms with Crippen LogP contribution in [0.15, 0.2) is 52.9 Å². The molecule has 3 rings (SSSR count). The summed E-state index contributed by atoms with van der Waals surface area (Å²) in [5.74, 6) is 1.72. The Morgan fingerprint density at radius 2 is 1.79 bits per heavy atom. The van der Waals surface area contributed by atoms with Gasteiger partial charge in [-0.25, -0.2) is 9.78 Å². The van der Waals surface area contributed by atoms with Crippen LogP contribution in [0.4, 0.5) is 4.79 Å². The summed E-state index contributed by atoms with van der Waals surface area (Å²) in [6.45, 7) is 5.26. The molecule has 0 aliphatic rings. The summed E-state index contributed by atoms with van der Waals surface area (Å²) in [5, 5.41) is 9.36. The Kier molecular flexibility index (Phi) is 8.13. The van der Waals surface area contributed by atoms with Gasteiger partial charge in [0.05, 0.1) is 25.5 Å². The molecule has 2 aromatic carbocycles. The minimum atomic E-state index is -1.15. The number of amides is 1. The minimum Gasteiger partial charge on any atom is -0.497 e. The number of carbonyl (C=O) groups is 2. The summed E-state index contributed by atoms with van der Waals surface area (Å²) >= 11 is 0. The van der Waals surface area contributed by atoms with E-state index in [1.54, 1.807) is 62.4 Å². The van der Waals surface area contributed by atoms with Crippen LogP contribution in [-0.2, 0) is 11.2 Å². The number of hydrogen-bond acceptors (Lipinski definition) is 7. The summed E-state index contributed by atoms with van der Waals surface area (Å²) < 4.78 is 21.8. The molecule has 0 bridgehead atoms. The first-order valence-electron chi connectivity index (χ1n) is 10.8. The molecule has 0 aliphatic heterocycles. The molecule has 9 nitrogen and oxygen atoms in total. The molecule has 9 heteroatoms. The number of aliphatic carboxylic acids is 1. The third-order valence-corrected chi connectivity index (χ3v) is 5.22. The van der Waals surface area contributed by atoms with E-state index in [0.29, 0.717) is 36.0 Å². The SMILES string of the molecule is COc1ccc(OC(=O)N(CC(=O)O)C(C)c2cccc(OCCc3nc(C)oc3C)c2)cc1. The van der Waals surface area contributed by atoms with E-state index >= 15 is 0 Å². The zero-order valence-electron chi connectivity index (χ0n) is 19.6. The second-order valence-corrected chi connectivity index (χ2v) is 7.65. The maximum Gasteiger partial charge on any atom is 0.416 e. The second-order valence-electron chi connectivity index (χ2n) is 7.65. The van der Waals surface area contributed by atoms with Gasteiger partial charge in [-0.15, -0.1) is 0 Å². The summed E-state index contributed by atoms with van der Waals surface area (Å²) in [6, 6.07) is 13.0. The number of aromatic nitrogens is 1. The minimum absolute atomic E-state index is 0.281. The van der Waals surface area contributed by atoms with Crippen molar-refractivity contribution < 1.29 is 33.3 Å². The molecule has 0 fully saturated rings. The highest BCUT2D eigenvalue weighted by atomic mass is 16.6. The Labute approximate surface area is 197 Å². The van der Waals surface area contributed by atoms with Gasteiger partial charge in [0.25, 0.3) is 0 Å². The number of aryl methyl sites for hydroxylation is 2. The first kappa shape index (κ1) is 24.6. The third-order valence-electron chi connectivity index (χ3n) is 5.22. The fraction of sp³-hybridized carbons (Fsp3) is 0.320. The van der Waals surface area contributed by atoms with Gasteiger partial charge in [-0.05, 0) is 55.8 Å². The first-order chi connectivity index (χ1) is 16.3. The lowest BCUT2D eigenvalue weighted by Gasteiger charge is -2.27. The van der Waals surface area contributed by atoms with E-state index in [-0.39, 0.29) is 5.75 Å². The largest absolute Gasteiger partial charge is 0.497 e. The van der Waals surface area contributed by atoms with Crippen molar-refractivity contribution in [2.45, 2.75) is 33.2 Å². The summed E-state index contributed by atoms with van der Waals surface area (Å²) in [6.07, 6.45) is -0.189. The monoisotopic (exact) mass is 468 g/mol. The molecule has 0 saturated carbocycles. The quantitative estimate of drug-likeness (QED) is 0.461. The van der Waals surface area contributed by atoms with E-state index in [1.807, 2.05) is 6.92 Å². The number of rotatable bonds is 10. The van der Waals surface area contributed by atoms with Crippen molar-refractivity contribution >= 4 is 12.1 Å². The number of hydrogen-bond donors (Lipinski definition) is 1. The number of carbonyl (C=O) groups excluding carboxylic acids is 1. The maximum absolute atomic E-state index is 12.8. The average molecular weight is 469 g/mol. The molecular weight excluding hydrogens is 440 g/mol. The van der Waals surface area contributed by atoms with Crippen LogP contribution < -0.4 is 14.2 Å². The van der Waals surface area contributed by atoms with Crippen molar-refractivity contribution in [3.63, 3.8) is 0 Å². The fourth-order valence-electron chi connectivity index (χ4n) is 3.42. The average Bonchev–Trinajstić information content (AvgIpc) is 3.14. The standard InChI is InChI=1S/C25H28N2O7/c1-16(27(15-24(28)29)25(30)34-21-10-8-20(31-4)9-11-21)19-6-5-7-22(14-19)32-13-12-23-17(2)33-18(3)26-23/h5-11,14,16H,12-13,15H2,1-4H3,(H,28,29). The van der Waals surface area contributed by atoms with Gasteiger partial charge in [-0.3, -0.25) is 9.69 Å². The summed E-state index contributed by atoms with van der Waals surface area (Å²) in [7, 11) is 1.53. The van der Waals surface area contributed by atoms with E-state index in [1.165, 1.54) is 7.11 Å². The lowest BCUT2D eigenvalue weighted by molar-refractivity contribution is -0.138. The third kappa shape index (κ3) is 6.50. The second kappa shape index (κ2) is 11.2. The maximum atomic E-state index is 12.8. The highest BCUT2D eigenvalue weighted by Gasteiger charge is 2.26. The summed E-state index contributed by atoms with van der Waals surface area (Å²) in [5.41, 5.74) is 1.55. The van der Waals surface area contributed by atoms with Gasteiger partial charge in [-0.1, -0.05) is 12.1 Å². The Morgan fingerprint density at radius 1 is 1.09 bits per heavy atom. The van der Waals surface area contributed by atoms with Gasteiger partial charge in [-0.2, -0.15) is 0 Å². The molecule has 1 amide bonds. The molecule has 1 aromatic heterocycles. The Morgan fingerprint density at radius 3 is 2.41 bits per heavy atom. The zero-order valence-corrected chi connectivity index (χ0v) is 19.6. The van der Waals surface area contributed by atoms with E-state index in [4.69, 9.17) is 18.6 Å². The highest BCUT2D eigenvalue weighted by molar-refractivity contribution is 5.78. The van der Waals surface area contributed by atoms with Crippen molar-refractivity contribution in [2.24, 2.45) is 0 Å². The van der Waals surface area contributed by atoms with Crippen molar-refractivity contribution in [3.05, 3.63) is 71.4 Å². The van der Waals surface area contributed by atoms with Crippen LogP contribution in [-0.4, -0.2) is 47.3 Å². The van der Waals surface area contributed by atoms with Gasteiger partial charge < -0.3 is 23.7 Å². The van der Waals surface area contributed by atoms with E-state index in [0.717, 1.165) is 16.4 Å². The van der Waals surface area contributed by atoms with Crippen LogP contribution in [0.1, 0.15) is 35.9 Å². The lowest BCUT2D eigenvalue weighted by Crippen LogP contribution is -2.39. The van der Waals surface area contributed by atoms with Gasteiger partial charge in [0.1, 0.15) is 29.6 Å². The number of ether oxygens (including phenoxy) is 3. The number of nitrogens with zero attached hydrogens (tertiary/aromatic N) is 2. The van der Waals surface area contributed by atoms with Crippen molar-refractivity contribution in [3.8, 4) is 17.2 Å². The molecule has 0 spiro atoms. The topological polar surface area (TPSA) is 111 Å². The summed E-state index contributed by atoms with van der Waals surface area (Å²) in [4.78, 5) is 29.8. The molecular formula is C25H28N2O7. The Hall–Kier alpha value is -4.01. The molecule has 0 radical (unpaired) electrons. The van der Waals surface area contributed by atoms with Gasteiger partial charge in [0, 0.05) is 13.3 Å². The van der Waals surface area contributed by atoms with Crippen LogP contribution in [0.2, 0.25) is 0 Å². The fourth-order valence-corrected chi connectivity index (χ4v) is 3.42. The smallest absolute Gasteiger partial charge is 0.416 e. The molecule has 180 valence electrons. The van der Waals surface area contributed by atoms with E-state index < -0.39 is 24.6 Å². The molecule has 1 N–H and O–H groups in total. The van der Waals surface area contributed by atoms with Crippen LogP contribution in [0, 0.1) is 13.8 Å². The lowest BCUT2D eigenvalue weighted by atomic mass is 10.1. The van der Waals surface area contributed by atoms with Crippen LogP contribution in [0.25, 0.3) is 0 Å². The van der Waals surface area contributed by atoms with Gasteiger partial charge in [0.15, 0.2) is 5.89 Å². The first-order valence-corrected chi connectivity index (χ1v) is 10.8. The predicted molar refractivity (Wildman–Crippen MR) is 123 cm³/mol. The molecule has 3 aromatic rings. The molecule has 1 unspecified atom stereocenters.